The summed E-state index contributed by atoms with van der Waals surface area (Å²) in [5.41, 5.74) is 2.46. The summed E-state index contributed by atoms with van der Waals surface area (Å²) >= 11 is 0. The maximum Gasteiger partial charge on any atom is 0.119 e. The van der Waals surface area contributed by atoms with Gasteiger partial charge in [-0.3, -0.25) is 4.98 Å². The summed E-state index contributed by atoms with van der Waals surface area (Å²) in [5, 5.41) is 1.20. The molecule has 0 aliphatic carbocycles. The van der Waals surface area contributed by atoms with Gasteiger partial charge in [-0.25, -0.2) is 0 Å². The fourth-order valence-corrected chi connectivity index (χ4v) is 2.13. The number of fused-ring (bicyclic) bond motifs is 1. The van der Waals surface area contributed by atoms with E-state index in [1.807, 2.05) is 30.6 Å². The fraction of sp³-hybridized carbons (Fsp3) is 0.133. The first-order valence-electron chi connectivity index (χ1n) is 5.88. The Morgan fingerprint density at radius 1 is 1.11 bits per heavy atom. The first kappa shape index (κ1) is 10.8. The van der Waals surface area contributed by atoms with Crippen LogP contribution in [0, 0.1) is 0 Å². The average Bonchev–Trinajstić information content (AvgIpc) is 2.82. The third kappa shape index (κ3) is 1.95. The van der Waals surface area contributed by atoms with E-state index in [9.17, 15) is 0 Å². The fourth-order valence-electron chi connectivity index (χ4n) is 2.13. The van der Waals surface area contributed by atoms with E-state index in [0.29, 0.717) is 0 Å². The highest BCUT2D eigenvalue weighted by Gasteiger charge is 2.03. The number of rotatable bonds is 3. The molecule has 2 heterocycles. The Morgan fingerprint density at radius 2 is 1.94 bits per heavy atom. The van der Waals surface area contributed by atoms with E-state index in [1.54, 1.807) is 7.11 Å². The van der Waals surface area contributed by atoms with Gasteiger partial charge < -0.3 is 9.30 Å². The molecule has 3 rings (SSSR count). The molecule has 18 heavy (non-hydrogen) atoms. The lowest BCUT2D eigenvalue weighted by atomic mass is 10.2. The monoisotopic (exact) mass is 238 g/mol. The van der Waals surface area contributed by atoms with Crippen LogP contribution in [0.15, 0.2) is 55.0 Å². The number of ether oxygens (including phenoxy) is 1. The first-order valence-corrected chi connectivity index (χ1v) is 5.88. The number of nitrogens with zero attached hydrogens (tertiary/aromatic N) is 2. The van der Waals surface area contributed by atoms with Crippen molar-refractivity contribution in [3.8, 4) is 5.75 Å². The minimum atomic E-state index is 0.859. The van der Waals surface area contributed by atoms with E-state index in [0.717, 1.165) is 12.3 Å². The molecule has 0 saturated carbocycles. The molecule has 0 fully saturated rings. The zero-order valence-corrected chi connectivity index (χ0v) is 10.2. The first-order chi connectivity index (χ1) is 8.86. The zero-order chi connectivity index (χ0) is 12.4. The maximum absolute atomic E-state index is 5.23. The largest absolute Gasteiger partial charge is 0.497 e. The van der Waals surface area contributed by atoms with E-state index >= 15 is 0 Å². The predicted molar refractivity (Wildman–Crippen MR) is 71.8 cm³/mol. The number of methoxy groups -OCH3 is 1. The highest BCUT2D eigenvalue weighted by atomic mass is 16.5. The number of hydrogen-bond donors (Lipinski definition) is 0. The van der Waals surface area contributed by atoms with Gasteiger partial charge in [-0.15, -0.1) is 0 Å². The molecule has 3 heteroatoms. The Labute approximate surface area is 106 Å². The summed E-state index contributed by atoms with van der Waals surface area (Å²) in [6.07, 6.45) is 5.75. The van der Waals surface area contributed by atoms with Gasteiger partial charge in [0.1, 0.15) is 5.75 Å². The molecular weight excluding hydrogens is 224 g/mol. The molecule has 2 aromatic heterocycles. The molecule has 0 radical (unpaired) electrons. The molecule has 1 aromatic carbocycles. The van der Waals surface area contributed by atoms with E-state index in [2.05, 4.69) is 33.9 Å². The van der Waals surface area contributed by atoms with Crippen LogP contribution < -0.4 is 4.74 Å². The molecule has 0 bridgehead atoms. The summed E-state index contributed by atoms with van der Waals surface area (Å²) in [5.74, 6) is 0.893. The van der Waals surface area contributed by atoms with Gasteiger partial charge in [0.05, 0.1) is 7.11 Å². The van der Waals surface area contributed by atoms with Crippen LogP contribution in [0.2, 0.25) is 0 Å². The van der Waals surface area contributed by atoms with Gasteiger partial charge in [-0.05, 0) is 42.0 Å². The van der Waals surface area contributed by atoms with Crippen molar-refractivity contribution in [2.24, 2.45) is 0 Å². The molecule has 0 unspecified atom stereocenters. The molecule has 0 spiro atoms. The van der Waals surface area contributed by atoms with Gasteiger partial charge >= 0.3 is 0 Å². The third-order valence-corrected chi connectivity index (χ3v) is 3.08. The molecule has 0 aliphatic heterocycles. The minimum Gasteiger partial charge on any atom is -0.497 e. The van der Waals surface area contributed by atoms with Crippen LogP contribution >= 0.6 is 0 Å². The topological polar surface area (TPSA) is 27.1 Å². The molecule has 90 valence electrons. The lowest BCUT2D eigenvalue weighted by Crippen LogP contribution is -1.97. The highest BCUT2D eigenvalue weighted by molar-refractivity contribution is 5.81. The molecule has 0 saturated heterocycles. The summed E-state index contributed by atoms with van der Waals surface area (Å²) in [4.78, 5) is 4.03. The second kappa shape index (κ2) is 4.53. The standard InChI is InChI=1S/C15H14N2O/c1-18-14-2-3-15-13(10-14)6-9-17(15)11-12-4-7-16-8-5-12/h2-10H,11H2,1H3. The average molecular weight is 238 g/mol. The lowest BCUT2D eigenvalue weighted by Gasteiger charge is -2.06. The van der Waals surface area contributed by atoms with Gasteiger partial charge in [0.25, 0.3) is 0 Å². The Kier molecular flexibility index (Phi) is 2.73. The van der Waals surface area contributed by atoms with Gasteiger partial charge in [0, 0.05) is 36.0 Å². The number of benzene rings is 1. The Morgan fingerprint density at radius 3 is 2.72 bits per heavy atom. The maximum atomic E-state index is 5.23. The summed E-state index contributed by atoms with van der Waals surface area (Å²) < 4.78 is 7.46. The Balaban J connectivity index is 1.98. The van der Waals surface area contributed by atoms with Crippen LogP contribution in [0.5, 0.6) is 5.75 Å². The van der Waals surface area contributed by atoms with Crippen molar-refractivity contribution in [2.45, 2.75) is 6.54 Å². The van der Waals surface area contributed by atoms with Crippen molar-refractivity contribution in [3.63, 3.8) is 0 Å². The van der Waals surface area contributed by atoms with E-state index < -0.39 is 0 Å². The minimum absolute atomic E-state index is 0.859. The molecule has 0 amide bonds. The number of aromatic nitrogens is 2. The molecular formula is C15H14N2O. The molecule has 0 aliphatic rings. The molecule has 3 aromatic rings. The third-order valence-electron chi connectivity index (χ3n) is 3.08. The molecule has 0 N–H and O–H groups in total. The van der Waals surface area contributed by atoms with Crippen LogP contribution in [-0.2, 0) is 6.54 Å². The predicted octanol–water partition coefficient (Wildman–Crippen LogP) is 3.09. The van der Waals surface area contributed by atoms with Crippen molar-refractivity contribution in [2.75, 3.05) is 7.11 Å². The smallest absolute Gasteiger partial charge is 0.119 e. The SMILES string of the molecule is COc1ccc2c(ccn2Cc2ccncc2)c1. The van der Waals surface area contributed by atoms with Crippen molar-refractivity contribution in [3.05, 3.63) is 60.6 Å². The van der Waals surface area contributed by atoms with Crippen molar-refractivity contribution >= 4 is 10.9 Å². The Hall–Kier alpha value is -2.29. The van der Waals surface area contributed by atoms with Gasteiger partial charge in [0.15, 0.2) is 0 Å². The van der Waals surface area contributed by atoms with Gasteiger partial charge in [0.2, 0.25) is 0 Å². The summed E-state index contributed by atoms with van der Waals surface area (Å²) in [6, 6.07) is 12.3. The normalized spacial score (nSPS) is 10.7. The van der Waals surface area contributed by atoms with Crippen molar-refractivity contribution in [1.82, 2.24) is 9.55 Å². The number of pyridine rings is 1. The second-order valence-electron chi connectivity index (χ2n) is 4.22. The van der Waals surface area contributed by atoms with Gasteiger partial charge in [-0.1, -0.05) is 0 Å². The lowest BCUT2D eigenvalue weighted by molar-refractivity contribution is 0.415. The second-order valence-corrected chi connectivity index (χ2v) is 4.22. The van der Waals surface area contributed by atoms with Crippen LogP contribution in [0.25, 0.3) is 10.9 Å². The van der Waals surface area contributed by atoms with Crippen LogP contribution in [0.4, 0.5) is 0 Å². The summed E-state index contributed by atoms with van der Waals surface area (Å²) in [7, 11) is 1.69. The van der Waals surface area contributed by atoms with E-state index in [-0.39, 0.29) is 0 Å². The quantitative estimate of drug-likeness (QED) is 0.701. The van der Waals surface area contributed by atoms with E-state index in [4.69, 9.17) is 4.74 Å². The highest BCUT2D eigenvalue weighted by Crippen LogP contribution is 2.22. The van der Waals surface area contributed by atoms with Crippen molar-refractivity contribution in [1.29, 1.82) is 0 Å². The summed E-state index contributed by atoms with van der Waals surface area (Å²) in [6.45, 7) is 0.859. The van der Waals surface area contributed by atoms with Crippen molar-refractivity contribution < 1.29 is 4.74 Å². The molecule has 0 atom stereocenters. The molecule has 3 nitrogen and oxygen atoms in total. The van der Waals surface area contributed by atoms with Gasteiger partial charge in [-0.2, -0.15) is 0 Å². The Bertz CT molecular complexity index is 659. The zero-order valence-electron chi connectivity index (χ0n) is 10.2. The van der Waals surface area contributed by atoms with Crippen LogP contribution in [0.3, 0.4) is 0 Å². The van der Waals surface area contributed by atoms with Crippen LogP contribution in [0.1, 0.15) is 5.56 Å². The number of hydrogen-bond acceptors (Lipinski definition) is 2. The van der Waals surface area contributed by atoms with Crippen LogP contribution in [-0.4, -0.2) is 16.7 Å². The van der Waals surface area contributed by atoms with E-state index in [1.165, 1.54) is 16.5 Å².